The van der Waals surface area contributed by atoms with Gasteiger partial charge < -0.3 is 15.5 Å². The van der Waals surface area contributed by atoms with Gasteiger partial charge in [-0.15, -0.1) is 0 Å². The van der Waals surface area contributed by atoms with Crippen LogP contribution in [0.1, 0.15) is 44.9 Å². The molecule has 2 atom stereocenters. The number of likely N-dealkylation sites (N-methyl/N-ethyl adjacent to an activating group) is 1. The molecule has 2 rings (SSSR count). The van der Waals surface area contributed by atoms with Crippen LogP contribution in [0.3, 0.4) is 0 Å². The molecule has 5 nitrogen and oxygen atoms in total. The predicted octanol–water partition coefficient (Wildman–Crippen LogP) is 1.71. The molecule has 0 aliphatic carbocycles. The summed E-state index contributed by atoms with van der Waals surface area (Å²) >= 11 is 0. The highest BCUT2D eigenvalue weighted by Crippen LogP contribution is 2.21. The molecule has 28 heavy (non-hydrogen) atoms. The maximum atomic E-state index is 12.9. The summed E-state index contributed by atoms with van der Waals surface area (Å²) in [6, 6.07) is 19.2. The molecule has 0 heterocycles. The van der Waals surface area contributed by atoms with Gasteiger partial charge in [0.15, 0.2) is 12.6 Å². The maximum absolute atomic E-state index is 12.9. The number of amides is 2. The van der Waals surface area contributed by atoms with Gasteiger partial charge in [-0.25, -0.2) is 0 Å². The van der Waals surface area contributed by atoms with E-state index in [2.05, 4.69) is 10.6 Å². The van der Waals surface area contributed by atoms with E-state index >= 15 is 0 Å². The van der Waals surface area contributed by atoms with E-state index in [0.29, 0.717) is 0 Å². The zero-order chi connectivity index (χ0) is 20.7. The Balaban J connectivity index is 2.09. The first kappa shape index (κ1) is 21.6. The van der Waals surface area contributed by atoms with Crippen molar-refractivity contribution >= 4 is 11.8 Å². The number of quaternary nitrogens is 1. The maximum Gasteiger partial charge on any atom is 0.278 e. The quantitative estimate of drug-likeness (QED) is 0.683. The average Bonchev–Trinajstić information content (AvgIpc) is 2.65. The van der Waals surface area contributed by atoms with Crippen molar-refractivity contribution in [3.8, 4) is 0 Å². The summed E-state index contributed by atoms with van der Waals surface area (Å²) in [5.41, 5.74) is 1.77. The van der Waals surface area contributed by atoms with E-state index in [1.54, 1.807) is 0 Å². The van der Waals surface area contributed by atoms with E-state index < -0.39 is 0 Å². The lowest BCUT2D eigenvalue weighted by molar-refractivity contribution is -0.886. The number of carbonyl (C=O) groups is 2. The Morgan fingerprint density at radius 3 is 1.82 bits per heavy atom. The highest BCUT2D eigenvalue weighted by atomic mass is 16.2. The fraction of sp³-hybridized carbons (Fsp3) is 0.391. The van der Waals surface area contributed by atoms with Gasteiger partial charge in [-0.3, -0.25) is 9.59 Å². The van der Waals surface area contributed by atoms with E-state index in [-0.39, 0.29) is 36.0 Å². The van der Waals surface area contributed by atoms with Crippen LogP contribution in [0.25, 0.3) is 0 Å². The molecule has 0 aliphatic heterocycles. The van der Waals surface area contributed by atoms with Gasteiger partial charge in [0.25, 0.3) is 11.8 Å². The summed E-state index contributed by atoms with van der Waals surface area (Å²) in [4.78, 5) is 26.0. The predicted molar refractivity (Wildman–Crippen MR) is 112 cm³/mol. The second kappa shape index (κ2) is 9.51. The molecular weight excluding hydrogens is 350 g/mol. The van der Waals surface area contributed by atoms with Crippen LogP contribution in [0, 0.1) is 0 Å². The van der Waals surface area contributed by atoms with Crippen molar-refractivity contribution in [1.82, 2.24) is 10.6 Å². The molecule has 0 radical (unpaired) electrons. The SMILES string of the molecule is C[C@H](C(=O)NC(c1ccccc1)c1ccccc1)[NH+](C)CC(=O)NC(C)(C)C. The normalized spacial score (nSPS) is 13.6. The number of hydrogen-bond acceptors (Lipinski definition) is 2. The van der Waals surface area contributed by atoms with Gasteiger partial charge in [0.05, 0.1) is 13.1 Å². The molecule has 150 valence electrons. The summed E-state index contributed by atoms with van der Waals surface area (Å²) in [5, 5.41) is 6.11. The standard InChI is InChI=1S/C23H31N3O2/c1-17(26(5)16-20(27)25-23(2,3)4)22(28)24-21(18-12-8-6-9-13-18)19-14-10-7-11-15-19/h6-15,17,21H,16H2,1-5H3,(H,24,28)(H,25,27)/p+1/t17-/m1/s1. The van der Waals surface area contributed by atoms with Crippen LogP contribution in [-0.2, 0) is 9.59 Å². The van der Waals surface area contributed by atoms with Crippen molar-refractivity contribution in [2.24, 2.45) is 0 Å². The fourth-order valence-corrected chi connectivity index (χ4v) is 3.01. The fourth-order valence-electron chi connectivity index (χ4n) is 3.01. The van der Waals surface area contributed by atoms with Gasteiger partial charge >= 0.3 is 0 Å². The Kier molecular flexibility index (Phi) is 7.35. The van der Waals surface area contributed by atoms with Gasteiger partial charge in [-0.05, 0) is 38.8 Å². The smallest absolute Gasteiger partial charge is 0.278 e. The lowest BCUT2D eigenvalue weighted by Gasteiger charge is -2.26. The third kappa shape index (κ3) is 6.50. The van der Waals surface area contributed by atoms with Gasteiger partial charge in [0.2, 0.25) is 0 Å². The molecule has 1 unspecified atom stereocenters. The molecule has 0 fully saturated rings. The van der Waals surface area contributed by atoms with E-state index in [9.17, 15) is 9.59 Å². The number of hydrogen-bond donors (Lipinski definition) is 3. The summed E-state index contributed by atoms with van der Waals surface area (Å²) in [5.74, 6) is -0.147. The first-order chi connectivity index (χ1) is 13.2. The Morgan fingerprint density at radius 2 is 1.39 bits per heavy atom. The largest absolute Gasteiger partial charge is 0.347 e. The van der Waals surface area contributed by atoms with Gasteiger partial charge in [0.1, 0.15) is 0 Å². The Bertz CT molecular complexity index is 730. The highest BCUT2D eigenvalue weighted by Gasteiger charge is 2.27. The van der Waals surface area contributed by atoms with Gasteiger partial charge in [-0.2, -0.15) is 0 Å². The molecule has 0 saturated heterocycles. The summed E-state index contributed by atoms with van der Waals surface area (Å²) < 4.78 is 0. The first-order valence-corrected chi connectivity index (χ1v) is 9.71. The minimum Gasteiger partial charge on any atom is -0.347 e. The van der Waals surface area contributed by atoms with Crippen LogP contribution in [0.5, 0.6) is 0 Å². The lowest BCUT2D eigenvalue weighted by Crippen LogP contribution is -3.15. The number of nitrogens with one attached hydrogen (secondary N) is 3. The summed E-state index contributed by atoms with van der Waals surface area (Å²) in [6.45, 7) is 7.93. The van der Waals surface area contributed by atoms with Crippen LogP contribution in [0.2, 0.25) is 0 Å². The van der Waals surface area contributed by atoms with Crippen LogP contribution in [0.4, 0.5) is 0 Å². The van der Waals surface area contributed by atoms with Crippen molar-refractivity contribution in [1.29, 1.82) is 0 Å². The Morgan fingerprint density at radius 1 is 0.929 bits per heavy atom. The average molecular weight is 383 g/mol. The van der Waals surface area contributed by atoms with Crippen molar-refractivity contribution in [3.63, 3.8) is 0 Å². The first-order valence-electron chi connectivity index (χ1n) is 9.71. The zero-order valence-electron chi connectivity index (χ0n) is 17.5. The third-order valence-electron chi connectivity index (χ3n) is 4.64. The molecule has 0 spiro atoms. The third-order valence-corrected chi connectivity index (χ3v) is 4.64. The highest BCUT2D eigenvalue weighted by molar-refractivity contribution is 5.82. The molecule has 2 amide bonds. The molecular formula is C23H32N3O2+. The van der Waals surface area contributed by atoms with Crippen molar-refractivity contribution in [2.45, 2.75) is 45.3 Å². The molecule has 0 aromatic heterocycles. The second-order valence-corrected chi connectivity index (χ2v) is 8.31. The second-order valence-electron chi connectivity index (χ2n) is 8.31. The molecule has 0 bridgehead atoms. The molecule has 5 heteroatoms. The van der Waals surface area contributed by atoms with E-state index in [1.165, 1.54) is 0 Å². The molecule has 0 saturated carbocycles. The monoisotopic (exact) mass is 382 g/mol. The van der Waals surface area contributed by atoms with E-state index in [4.69, 9.17) is 0 Å². The summed E-state index contributed by atoms with van der Waals surface area (Å²) in [7, 11) is 1.87. The molecule has 2 aromatic carbocycles. The lowest BCUT2D eigenvalue weighted by atomic mass is 9.98. The van der Waals surface area contributed by atoms with Crippen molar-refractivity contribution < 1.29 is 14.5 Å². The Labute approximate surface area is 168 Å². The van der Waals surface area contributed by atoms with Crippen LogP contribution < -0.4 is 15.5 Å². The number of rotatable bonds is 7. The van der Waals surface area contributed by atoms with Gasteiger partial charge in [-0.1, -0.05) is 60.7 Å². The molecule has 3 N–H and O–H groups in total. The van der Waals surface area contributed by atoms with Gasteiger partial charge in [0, 0.05) is 5.54 Å². The van der Waals surface area contributed by atoms with E-state index in [1.807, 2.05) is 95.4 Å². The molecule has 0 aliphatic rings. The number of benzene rings is 2. The zero-order valence-corrected chi connectivity index (χ0v) is 17.5. The molecule has 2 aromatic rings. The van der Waals surface area contributed by atoms with Crippen LogP contribution >= 0.6 is 0 Å². The van der Waals surface area contributed by atoms with Crippen LogP contribution in [-0.4, -0.2) is 37.0 Å². The van der Waals surface area contributed by atoms with E-state index in [0.717, 1.165) is 16.0 Å². The van der Waals surface area contributed by atoms with Crippen molar-refractivity contribution in [2.75, 3.05) is 13.6 Å². The topological polar surface area (TPSA) is 62.6 Å². The number of carbonyl (C=O) groups excluding carboxylic acids is 2. The van der Waals surface area contributed by atoms with Crippen LogP contribution in [0.15, 0.2) is 60.7 Å². The van der Waals surface area contributed by atoms with Crippen molar-refractivity contribution in [3.05, 3.63) is 71.8 Å². The Hall–Kier alpha value is -2.66. The minimum atomic E-state index is -0.361. The summed E-state index contributed by atoms with van der Waals surface area (Å²) in [6.07, 6.45) is 0. The minimum absolute atomic E-state index is 0.0627.